The van der Waals surface area contributed by atoms with E-state index in [1.807, 2.05) is 0 Å². The van der Waals surface area contributed by atoms with E-state index >= 15 is 0 Å². The number of nitrogens with zero attached hydrogens (tertiary/aromatic N) is 1. The number of ether oxygens (including phenoxy) is 1. The average molecular weight is 363 g/mol. The second-order valence-electron chi connectivity index (χ2n) is 5.24. The predicted molar refractivity (Wildman–Crippen MR) is 81.1 cm³/mol. The number of carbonyl (C=O) groups excluding carboxylic acids is 1. The Morgan fingerprint density at radius 3 is 2.75 bits per heavy atom. The number of hydrogen-bond acceptors (Lipinski definition) is 3. The van der Waals surface area contributed by atoms with Crippen LogP contribution in [0.3, 0.4) is 0 Å². The fourth-order valence-corrected chi connectivity index (χ4v) is 2.86. The standard InChI is InChI=1S/C14H17BrClNO3/c1-14(19)4-6-17(7-5-14)13(18)9-20-12-3-2-10(16)8-11(12)15/h2-3,8,19H,4-7,9H2,1H3. The molecule has 110 valence electrons. The summed E-state index contributed by atoms with van der Waals surface area (Å²) in [6, 6.07) is 5.16. The van der Waals surface area contributed by atoms with Crippen molar-refractivity contribution in [3.05, 3.63) is 27.7 Å². The summed E-state index contributed by atoms with van der Waals surface area (Å²) in [7, 11) is 0. The number of likely N-dealkylation sites (tertiary alicyclic amines) is 1. The van der Waals surface area contributed by atoms with Crippen molar-refractivity contribution in [2.24, 2.45) is 0 Å². The van der Waals surface area contributed by atoms with E-state index in [1.54, 1.807) is 30.0 Å². The molecular formula is C14H17BrClNO3. The number of carbonyl (C=O) groups is 1. The molecular weight excluding hydrogens is 346 g/mol. The Morgan fingerprint density at radius 2 is 2.15 bits per heavy atom. The van der Waals surface area contributed by atoms with Gasteiger partial charge in [-0.15, -0.1) is 0 Å². The van der Waals surface area contributed by atoms with Gasteiger partial charge in [-0.3, -0.25) is 4.79 Å². The molecule has 0 aliphatic carbocycles. The fraction of sp³-hybridized carbons (Fsp3) is 0.500. The molecule has 4 nitrogen and oxygen atoms in total. The van der Waals surface area contributed by atoms with Crippen molar-refractivity contribution < 1.29 is 14.6 Å². The maximum atomic E-state index is 12.0. The molecule has 0 bridgehead atoms. The number of piperidine rings is 1. The summed E-state index contributed by atoms with van der Waals surface area (Å²) in [5.74, 6) is 0.522. The Hall–Kier alpha value is -0.780. The third-order valence-corrected chi connectivity index (χ3v) is 4.29. The number of amides is 1. The second-order valence-corrected chi connectivity index (χ2v) is 6.53. The van der Waals surface area contributed by atoms with Crippen LogP contribution in [0.4, 0.5) is 0 Å². The molecule has 6 heteroatoms. The van der Waals surface area contributed by atoms with Gasteiger partial charge in [0.2, 0.25) is 0 Å². The number of aliphatic hydroxyl groups is 1. The monoisotopic (exact) mass is 361 g/mol. The number of benzene rings is 1. The summed E-state index contributed by atoms with van der Waals surface area (Å²) in [5, 5.41) is 10.5. The minimum Gasteiger partial charge on any atom is -0.483 e. The summed E-state index contributed by atoms with van der Waals surface area (Å²) < 4.78 is 6.22. The van der Waals surface area contributed by atoms with Gasteiger partial charge in [-0.05, 0) is 53.9 Å². The maximum absolute atomic E-state index is 12.0. The molecule has 20 heavy (non-hydrogen) atoms. The SMILES string of the molecule is CC1(O)CCN(C(=O)COc2ccc(Cl)cc2Br)CC1. The van der Waals surface area contributed by atoms with Crippen molar-refractivity contribution in [2.45, 2.75) is 25.4 Å². The highest BCUT2D eigenvalue weighted by Gasteiger charge is 2.29. The van der Waals surface area contributed by atoms with Crippen LogP contribution in [-0.2, 0) is 4.79 Å². The first-order valence-electron chi connectivity index (χ1n) is 6.45. The predicted octanol–water partition coefficient (Wildman–Crippen LogP) is 2.85. The Balaban J connectivity index is 1.86. The minimum absolute atomic E-state index is 0.0115. The summed E-state index contributed by atoms with van der Waals surface area (Å²) in [4.78, 5) is 13.8. The quantitative estimate of drug-likeness (QED) is 0.899. The lowest BCUT2D eigenvalue weighted by Crippen LogP contribution is -2.46. The molecule has 0 radical (unpaired) electrons. The van der Waals surface area contributed by atoms with Crippen molar-refractivity contribution in [3.8, 4) is 5.75 Å². The molecule has 1 N–H and O–H groups in total. The van der Waals surface area contributed by atoms with Crippen LogP contribution in [0.15, 0.2) is 22.7 Å². The largest absolute Gasteiger partial charge is 0.483 e. The minimum atomic E-state index is -0.656. The van der Waals surface area contributed by atoms with Gasteiger partial charge >= 0.3 is 0 Å². The van der Waals surface area contributed by atoms with E-state index in [9.17, 15) is 9.90 Å². The van der Waals surface area contributed by atoms with Gasteiger partial charge in [-0.2, -0.15) is 0 Å². The molecule has 1 amide bonds. The molecule has 1 fully saturated rings. The fourth-order valence-electron chi connectivity index (χ4n) is 2.06. The first-order chi connectivity index (χ1) is 9.37. The van der Waals surface area contributed by atoms with E-state index in [0.29, 0.717) is 36.7 Å². The van der Waals surface area contributed by atoms with Gasteiger partial charge in [0.15, 0.2) is 6.61 Å². The van der Waals surface area contributed by atoms with Gasteiger partial charge in [-0.1, -0.05) is 11.6 Å². The number of hydrogen-bond donors (Lipinski definition) is 1. The van der Waals surface area contributed by atoms with E-state index in [4.69, 9.17) is 16.3 Å². The van der Waals surface area contributed by atoms with Crippen molar-refractivity contribution in [1.82, 2.24) is 4.90 Å². The smallest absolute Gasteiger partial charge is 0.260 e. The summed E-state index contributed by atoms with van der Waals surface area (Å²) in [5.41, 5.74) is -0.656. The Morgan fingerprint density at radius 1 is 1.50 bits per heavy atom. The molecule has 0 saturated carbocycles. The van der Waals surface area contributed by atoms with Crippen molar-refractivity contribution in [3.63, 3.8) is 0 Å². The molecule has 0 aromatic heterocycles. The van der Waals surface area contributed by atoms with Gasteiger partial charge in [-0.25, -0.2) is 0 Å². The second kappa shape index (κ2) is 6.33. The highest BCUT2D eigenvalue weighted by molar-refractivity contribution is 9.10. The third kappa shape index (κ3) is 4.11. The van der Waals surface area contributed by atoms with Crippen molar-refractivity contribution in [1.29, 1.82) is 0 Å². The van der Waals surface area contributed by atoms with Crippen molar-refractivity contribution in [2.75, 3.05) is 19.7 Å². The number of halogens is 2. The van der Waals surface area contributed by atoms with E-state index in [2.05, 4.69) is 15.9 Å². The summed E-state index contributed by atoms with van der Waals surface area (Å²) in [6.07, 6.45) is 1.20. The van der Waals surface area contributed by atoms with Crippen LogP contribution < -0.4 is 4.74 Å². The molecule has 1 saturated heterocycles. The van der Waals surface area contributed by atoms with Crippen LogP contribution in [0.2, 0.25) is 5.02 Å². The highest BCUT2D eigenvalue weighted by Crippen LogP contribution is 2.28. The van der Waals surface area contributed by atoms with Crippen LogP contribution in [-0.4, -0.2) is 41.2 Å². The maximum Gasteiger partial charge on any atom is 0.260 e. The normalized spacial score (nSPS) is 17.9. The van der Waals surface area contributed by atoms with E-state index in [1.165, 1.54) is 0 Å². The zero-order valence-corrected chi connectivity index (χ0v) is 13.6. The molecule has 1 heterocycles. The molecule has 0 unspecified atom stereocenters. The molecule has 1 aromatic carbocycles. The molecule has 0 atom stereocenters. The van der Waals surface area contributed by atoms with Gasteiger partial charge in [0.1, 0.15) is 5.75 Å². The highest BCUT2D eigenvalue weighted by atomic mass is 79.9. The Labute approximate surface area is 131 Å². The molecule has 0 spiro atoms. The van der Waals surface area contributed by atoms with Crippen molar-refractivity contribution >= 4 is 33.4 Å². The zero-order chi connectivity index (χ0) is 14.8. The third-order valence-electron chi connectivity index (χ3n) is 3.44. The Kier molecular flexibility index (Phi) is 4.94. The van der Waals surface area contributed by atoms with Crippen LogP contribution in [0.5, 0.6) is 5.75 Å². The van der Waals surface area contributed by atoms with E-state index in [-0.39, 0.29) is 12.5 Å². The number of rotatable bonds is 3. The first kappa shape index (κ1) is 15.6. The van der Waals surface area contributed by atoms with Gasteiger partial charge in [0.05, 0.1) is 10.1 Å². The van der Waals surface area contributed by atoms with Gasteiger partial charge in [0.25, 0.3) is 5.91 Å². The lowest BCUT2D eigenvalue weighted by molar-refractivity contribution is -0.137. The lowest BCUT2D eigenvalue weighted by atomic mass is 9.94. The average Bonchev–Trinajstić information content (AvgIpc) is 2.37. The summed E-state index contributed by atoms with van der Waals surface area (Å²) in [6.45, 7) is 2.92. The molecule has 1 aliphatic heterocycles. The molecule has 1 aliphatic rings. The summed E-state index contributed by atoms with van der Waals surface area (Å²) >= 11 is 9.18. The van der Waals surface area contributed by atoms with E-state index < -0.39 is 5.60 Å². The van der Waals surface area contributed by atoms with Gasteiger partial charge < -0.3 is 14.7 Å². The van der Waals surface area contributed by atoms with Crippen LogP contribution >= 0.6 is 27.5 Å². The van der Waals surface area contributed by atoms with Crippen LogP contribution in [0.1, 0.15) is 19.8 Å². The van der Waals surface area contributed by atoms with E-state index in [0.717, 1.165) is 4.47 Å². The van der Waals surface area contributed by atoms with Crippen LogP contribution in [0.25, 0.3) is 0 Å². The van der Waals surface area contributed by atoms with Gasteiger partial charge in [0, 0.05) is 18.1 Å². The first-order valence-corrected chi connectivity index (χ1v) is 7.62. The molecule has 2 rings (SSSR count). The topological polar surface area (TPSA) is 49.8 Å². The molecule has 1 aromatic rings. The van der Waals surface area contributed by atoms with Crippen LogP contribution in [0, 0.1) is 0 Å². The Bertz CT molecular complexity index is 497. The zero-order valence-electron chi connectivity index (χ0n) is 11.2. The lowest BCUT2D eigenvalue weighted by Gasteiger charge is -2.35.